The van der Waals surface area contributed by atoms with Gasteiger partial charge in [0.15, 0.2) is 11.5 Å². The van der Waals surface area contributed by atoms with Crippen LogP contribution in [0, 0.1) is 0 Å². The third-order valence-corrected chi connectivity index (χ3v) is 4.47. The van der Waals surface area contributed by atoms with E-state index in [9.17, 15) is 19.0 Å². The van der Waals surface area contributed by atoms with Crippen LogP contribution in [0.2, 0.25) is 0 Å². The van der Waals surface area contributed by atoms with Crippen molar-refractivity contribution in [2.45, 2.75) is 45.3 Å². The van der Waals surface area contributed by atoms with Crippen LogP contribution in [0.3, 0.4) is 0 Å². The average Bonchev–Trinajstić information content (AvgIpc) is 3.03. The van der Waals surface area contributed by atoms with E-state index < -0.39 is 12.7 Å². The number of aromatic hydroxyl groups is 1. The molecule has 1 aromatic heterocycles. The summed E-state index contributed by atoms with van der Waals surface area (Å²) in [6, 6.07) is 5.85. The van der Waals surface area contributed by atoms with Crippen LogP contribution in [0.15, 0.2) is 30.5 Å². The Balaban J connectivity index is 1.60. The molecule has 0 bridgehead atoms. The number of aromatic nitrogens is 2. The molecule has 7 nitrogen and oxygen atoms in total. The molecule has 0 saturated carbocycles. The summed E-state index contributed by atoms with van der Waals surface area (Å²) in [7, 11) is 0. The molecule has 3 rings (SSSR count). The van der Waals surface area contributed by atoms with E-state index in [4.69, 9.17) is 4.74 Å². The van der Waals surface area contributed by atoms with Crippen molar-refractivity contribution in [1.29, 1.82) is 0 Å². The van der Waals surface area contributed by atoms with Crippen LogP contribution in [0.25, 0.3) is 11.3 Å². The molecular formula is C19H25F2N3O4. The second kappa shape index (κ2) is 8.85. The van der Waals surface area contributed by atoms with Gasteiger partial charge in [-0.3, -0.25) is 9.58 Å². The number of phenolic OH excluding ortho intramolecular Hbond substituents is 1. The van der Waals surface area contributed by atoms with E-state index >= 15 is 0 Å². The van der Waals surface area contributed by atoms with Crippen molar-refractivity contribution in [3.8, 4) is 22.8 Å². The van der Waals surface area contributed by atoms with Crippen LogP contribution in [0.5, 0.6) is 11.5 Å². The number of alkyl halides is 2. The van der Waals surface area contributed by atoms with E-state index in [0.29, 0.717) is 24.3 Å². The summed E-state index contributed by atoms with van der Waals surface area (Å²) in [5, 5.41) is 24.6. The quantitative estimate of drug-likeness (QED) is 0.747. The Morgan fingerprint density at radius 1 is 1.21 bits per heavy atom. The minimum atomic E-state index is -3.00. The first kappa shape index (κ1) is 20.5. The fourth-order valence-corrected chi connectivity index (χ4v) is 3.49. The van der Waals surface area contributed by atoms with E-state index in [-0.39, 0.29) is 23.7 Å². The van der Waals surface area contributed by atoms with Gasteiger partial charge < -0.3 is 19.7 Å². The van der Waals surface area contributed by atoms with E-state index in [1.54, 1.807) is 16.9 Å². The summed E-state index contributed by atoms with van der Waals surface area (Å²) in [5.41, 5.74) is 1.11. The van der Waals surface area contributed by atoms with E-state index in [2.05, 4.69) is 14.7 Å². The summed E-state index contributed by atoms with van der Waals surface area (Å²) in [5.74, 6) is -0.675. The second-order valence-electron chi connectivity index (χ2n) is 7.11. The van der Waals surface area contributed by atoms with Gasteiger partial charge in [0.25, 0.3) is 0 Å². The van der Waals surface area contributed by atoms with E-state index in [1.807, 2.05) is 13.8 Å². The number of morpholine rings is 1. The Kier molecular flexibility index (Phi) is 6.48. The zero-order chi connectivity index (χ0) is 20.3. The molecule has 0 radical (unpaired) electrons. The van der Waals surface area contributed by atoms with Gasteiger partial charge in [-0.25, -0.2) is 0 Å². The Bertz CT molecular complexity index is 776. The third-order valence-electron chi connectivity index (χ3n) is 4.47. The molecule has 2 N–H and O–H groups in total. The van der Waals surface area contributed by atoms with Crippen LogP contribution in [0.1, 0.15) is 13.8 Å². The summed E-state index contributed by atoms with van der Waals surface area (Å²) >= 11 is 0. The molecule has 2 aromatic rings. The van der Waals surface area contributed by atoms with Gasteiger partial charge in [-0.2, -0.15) is 13.9 Å². The van der Waals surface area contributed by atoms with Gasteiger partial charge in [0.2, 0.25) is 0 Å². The highest BCUT2D eigenvalue weighted by molar-refractivity contribution is 5.63. The fourth-order valence-electron chi connectivity index (χ4n) is 3.49. The van der Waals surface area contributed by atoms with Crippen molar-refractivity contribution in [2.75, 3.05) is 19.6 Å². The van der Waals surface area contributed by atoms with Crippen molar-refractivity contribution in [3.05, 3.63) is 30.5 Å². The first-order valence-corrected chi connectivity index (χ1v) is 9.17. The zero-order valence-electron chi connectivity index (χ0n) is 15.8. The largest absolute Gasteiger partial charge is 0.504 e. The predicted molar refractivity (Wildman–Crippen MR) is 98.4 cm³/mol. The van der Waals surface area contributed by atoms with E-state index in [0.717, 1.165) is 13.1 Å². The van der Waals surface area contributed by atoms with Crippen LogP contribution in [0.4, 0.5) is 8.78 Å². The molecule has 0 aliphatic carbocycles. The molecule has 28 heavy (non-hydrogen) atoms. The number of nitrogens with zero attached hydrogens (tertiary/aromatic N) is 3. The Hall–Kier alpha value is -2.23. The molecule has 1 aromatic carbocycles. The number of aliphatic hydroxyl groups excluding tert-OH is 1. The topological polar surface area (TPSA) is 80.0 Å². The molecule has 3 atom stereocenters. The first-order chi connectivity index (χ1) is 13.3. The van der Waals surface area contributed by atoms with Crippen LogP contribution in [-0.4, -0.2) is 69.5 Å². The van der Waals surface area contributed by atoms with Crippen molar-refractivity contribution in [1.82, 2.24) is 14.7 Å². The van der Waals surface area contributed by atoms with E-state index in [1.165, 1.54) is 18.2 Å². The normalized spacial score (nSPS) is 21.8. The highest BCUT2D eigenvalue weighted by atomic mass is 19.3. The number of aliphatic hydroxyl groups is 1. The van der Waals surface area contributed by atoms with Gasteiger partial charge in [0.05, 0.1) is 30.6 Å². The maximum absolute atomic E-state index is 12.3. The van der Waals surface area contributed by atoms with Crippen molar-refractivity contribution in [2.24, 2.45) is 0 Å². The molecule has 2 heterocycles. The Morgan fingerprint density at radius 2 is 1.93 bits per heavy atom. The number of rotatable bonds is 7. The van der Waals surface area contributed by atoms with Gasteiger partial charge in [-0.1, -0.05) is 0 Å². The lowest BCUT2D eigenvalue weighted by molar-refractivity contribution is -0.0774. The maximum Gasteiger partial charge on any atom is 0.387 e. The maximum atomic E-state index is 12.3. The molecule has 0 amide bonds. The first-order valence-electron chi connectivity index (χ1n) is 9.17. The second-order valence-corrected chi connectivity index (χ2v) is 7.11. The number of β-amino-alcohol motifs (C(OH)–C–C–N with tert-alkyl or cyclic N) is 1. The lowest BCUT2D eigenvalue weighted by atomic mass is 10.1. The minimum Gasteiger partial charge on any atom is -0.504 e. The molecule has 3 unspecified atom stereocenters. The standard InChI is InChI=1S/C19H25F2N3O4/c1-12-8-23(9-13(2)27-12)10-15(25)11-24-6-5-16(22-24)14-3-4-18(17(26)7-14)28-19(20)21/h3-7,12-13,15,19,25-26H,8-11H2,1-2H3. The lowest BCUT2D eigenvalue weighted by Gasteiger charge is -2.36. The number of halogens is 2. The number of hydrogen-bond donors (Lipinski definition) is 2. The summed E-state index contributed by atoms with van der Waals surface area (Å²) in [4.78, 5) is 2.17. The van der Waals surface area contributed by atoms with Crippen LogP contribution < -0.4 is 4.74 Å². The lowest BCUT2D eigenvalue weighted by Crippen LogP contribution is -2.48. The SMILES string of the molecule is CC1CN(CC(O)Cn2ccc(-c3ccc(OC(F)F)c(O)c3)n2)CC(C)O1. The molecule has 9 heteroatoms. The average molecular weight is 397 g/mol. The molecule has 1 saturated heterocycles. The monoisotopic (exact) mass is 397 g/mol. The molecule has 1 aliphatic rings. The van der Waals surface area contributed by atoms with Gasteiger partial charge in [-0.15, -0.1) is 0 Å². The zero-order valence-corrected chi connectivity index (χ0v) is 15.8. The summed E-state index contributed by atoms with van der Waals surface area (Å²) in [6.45, 7) is 3.42. The van der Waals surface area contributed by atoms with Crippen molar-refractivity contribution >= 4 is 0 Å². The predicted octanol–water partition coefficient (Wildman–Crippen LogP) is 2.33. The number of phenols is 1. The Labute approximate surface area is 162 Å². The van der Waals surface area contributed by atoms with Crippen molar-refractivity contribution < 1.29 is 28.5 Å². The van der Waals surface area contributed by atoms with Crippen LogP contribution >= 0.6 is 0 Å². The number of benzene rings is 1. The van der Waals surface area contributed by atoms with Crippen molar-refractivity contribution in [3.63, 3.8) is 0 Å². The van der Waals surface area contributed by atoms with Gasteiger partial charge in [0.1, 0.15) is 0 Å². The smallest absolute Gasteiger partial charge is 0.387 e. The van der Waals surface area contributed by atoms with Gasteiger partial charge >= 0.3 is 6.61 Å². The molecule has 1 aliphatic heterocycles. The van der Waals surface area contributed by atoms with Gasteiger partial charge in [-0.05, 0) is 38.1 Å². The van der Waals surface area contributed by atoms with Gasteiger partial charge in [0, 0.05) is 31.4 Å². The number of hydrogen-bond acceptors (Lipinski definition) is 6. The molecular weight excluding hydrogens is 372 g/mol. The molecule has 1 fully saturated rings. The highest BCUT2D eigenvalue weighted by Crippen LogP contribution is 2.31. The highest BCUT2D eigenvalue weighted by Gasteiger charge is 2.24. The minimum absolute atomic E-state index is 0.136. The molecule has 154 valence electrons. The fraction of sp³-hybridized carbons (Fsp3) is 0.526. The summed E-state index contributed by atoms with van der Waals surface area (Å²) in [6.07, 6.45) is 1.40. The Morgan fingerprint density at radius 3 is 2.57 bits per heavy atom. The number of ether oxygens (including phenoxy) is 2. The van der Waals surface area contributed by atoms with Crippen LogP contribution in [-0.2, 0) is 11.3 Å². The summed E-state index contributed by atoms with van der Waals surface area (Å²) < 4.78 is 36.1. The molecule has 0 spiro atoms. The third kappa shape index (κ3) is 5.40.